The molecule has 4 heteroatoms. The van der Waals surface area contributed by atoms with E-state index >= 15 is 0 Å². The van der Waals surface area contributed by atoms with Crippen LogP contribution in [-0.4, -0.2) is 16.4 Å². The molecule has 0 saturated carbocycles. The van der Waals surface area contributed by atoms with Crippen LogP contribution >= 0.6 is 0 Å². The van der Waals surface area contributed by atoms with E-state index in [1.165, 1.54) is 11.3 Å². The second-order valence-corrected chi connectivity index (χ2v) is 5.28. The summed E-state index contributed by atoms with van der Waals surface area (Å²) in [5.41, 5.74) is 10.5. The van der Waals surface area contributed by atoms with Crippen LogP contribution in [0.25, 0.3) is 0 Å². The molecule has 1 aromatic carbocycles. The normalized spacial score (nSPS) is 10.9. The molecule has 1 aromatic heterocycles. The Morgan fingerprint density at radius 3 is 2.48 bits per heavy atom. The number of nitrogens with zero attached hydrogens (tertiary/aromatic N) is 2. The van der Waals surface area contributed by atoms with Crippen molar-refractivity contribution in [1.29, 1.82) is 0 Å². The molecule has 21 heavy (non-hydrogen) atoms. The third-order valence-corrected chi connectivity index (χ3v) is 3.83. The first-order valence-electron chi connectivity index (χ1n) is 7.60. The fourth-order valence-electron chi connectivity index (χ4n) is 2.59. The van der Waals surface area contributed by atoms with Crippen molar-refractivity contribution in [3.8, 4) is 5.75 Å². The summed E-state index contributed by atoms with van der Waals surface area (Å²) in [6.45, 7) is 8.56. The number of hydrogen-bond donors (Lipinski definition) is 1. The Bertz CT molecular complexity index is 572. The summed E-state index contributed by atoms with van der Waals surface area (Å²) >= 11 is 0. The molecule has 0 aliphatic rings. The lowest BCUT2D eigenvalue weighted by Crippen LogP contribution is -2.07. The number of benzene rings is 1. The maximum absolute atomic E-state index is 5.75. The van der Waals surface area contributed by atoms with Gasteiger partial charge in [0.25, 0.3) is 0 Å². The Balaban J connectivity index is 1.81. The Morgan fingerprint density at radius 2 is 1.90 bits per heavy atom. The minimum atomic E-state index is 0.567. The maximum Gasteiger partial charge on any atom is 0.119 e. The van der Waals surface area contributed by atoms with E-state index in [9.17, 15) is 0 Å². The Kier molecular flexibility index (Phi) is 5.39. The number of nitrogens with two attached hydrogens (primary N) is 1. The molecule has 0 aliphatic carbocycles. The summed E-state index contributed by atoms with van der Waals surface area (Å²) in [4.78, 5) is 0. The Hall–Kier alpha value is -1.81. The van der Waals surface area contributed by atoms with Gasteiger partial charge in [0.1, 0.15) is 5.75 Å². The van der Waals surface area contributed by atoms with Crippen LogP contribution < -0.4 is 10.5 Å². The highest BCUT2D eigenvalue weighted by atomic mass is 16.5. The standard InChI is InChI=1S/C17H25N3O/c1-4-17-13(2)19-20(14(17)3)10-5-11-21-16-8-6-15(12-18)7-9-16/h6-9H,4-5,10-12,18H2,1-3H3. The van der Waals surface area contributed by atoms with Crippen molar-refractivity contribution in [2.75, 3.05) is 6.61 Å². The van der Waals surface area contributed by atoms with E-state index in [1.807, 2.05) is 24.3 Å². The maximum atomic E-state index is 5.75. The third-order valence-electron chi connectivity index (χ3n) is 3.83. The molecule has 2 N–H and O–H groups in total. The van der Waals surface area contributed by atoms with Crippen LogP contribution in [0.2, 0.25) is 0 Å². The van der Waals surface area contributed by atoms with Gasteiger partial charge in [0, 0.05) is 25.2 Å². The molecule has 0 bridgehead atoms. The molecule has 114 valence electrons. The molecule has 4 nitrogen and oxygen atoms in total. The first kappa shape index (κ1) is 15.6. The lowest BCUT2D eigenvalue weighted by atomic mass is 10.1. The summed E-state index contributed by atoms with van der Waals surface area (Å²) in [6.07, 6.45) is 1.99. The highest BCUT2D eigenvalue weighted by Gasteiger charge is 2.08. The summed E-state index contributed by atoms with van der Waals surface area (Å²) in [7, 11) is 0. The SMILES string of the molecule is CCc1c(C)nn(CCCOc2ccc(CN)cc2)c1C. The van der Waals surface area contributed by atoms with Gasteiger partial charge < -0.3 is 10.5 Å². The van der Waals surface area contributed by atoms with Gasteiger partial charge in [-0.2, -0.15) is 5.10 Å². The van der Waals surface area contributed by atoms with Crippen LogP contribution in [0.4, 0.5) is 0 Å². The second kappa shape index (κ2) is 7.27. The van der Waals surface area contributed by atoms with Crippen LogP contribution in [0.3, 0.4) is 0 Å². The molecule has 0 atom stereocenters. The van der Waals surface area contributed by atoms with Crippen LogP contribution in [0.15, 0.2) is 24.3 Å². The summed E-state index contributed by atoms with van der Waals surface area (Å²) < 4.78 is 7.84. The topological polar surface area (TPSA) is 53.1 Å². The minimum absolute atomic E-state index is 0.567. The van der Waals surface area contributed by atoms with E-state index in [-0.39, 0.29) is 0 Å². The van der Waals surface area contributed by atoms with Crippen molar-refractivity contribution >= 4 is 0 Å². The summed E-state index contributed by atoms with van der Waals surface area (Å²) in [5, 5.41) is 4.60. The zero-order chi connectivity index (χ0) is 15.2. The smallest absolute Gasteiger partial charge is 0.119 e. The van der Waals surface area contributed by atoms with Gasteiger partial charge in [-0.15, -0.1) is 0 Å². The minimum Gasteiger partial charge on any atom is -0.494 e. The van der Waals surface area contributed by atoms with Crippen LogP contribution in [0, 0.1) is 13.8 Å². The number of aryl methyl sites for hydroxylation is 2. The van der Waals surface area contributed by atoms with Crippen LogP contribution in [0.5, 0.6) is 5.75 Å². The predicted octanol–water partition coefficient (Wildman–Crippen LogP) is 2.99. The van der Waals surface area contributed by atoms with Crippen LogP contribution in [0.1, 0.15) is 35.9 Å². The van der Waals surface area contributed by atoms with Crippen molar-refractivity contribution in [3.05, 3.63) is 46.8 Å². The van der Waals surface area contributed by atoms with Gasteiger partial charge in [0.2, 0.25) is 0 Å². The molecule has 0 radical (unpaired) electrons. The molecule has 0 aliphatic heterocycles. The molecule has 2 aromatic rings. The number of aromatic nitrogens is 2. The highest BCUT2D eigenvalue weighted by molar-refractivity contribution is 5.27. The molecule has 0 unspecified atom stereocenters. The van der Waals surface area contributed by atoms with Crippen molar-refractivity contribution in [2.24, 2.45) is 5.73 Å². The van der Waals surface area contributed by atoms with E-state index < -0.39 is 0 Å². The average Bonchev–Trinajstić information content (AvgIpc) is 2.78. The van der Waals surface area contributed by atoms with Gasteiger partial charge in [-0.3, -0.25) is 4.68 Å². The van der Waals surface area contributed by atoms with Crippen molar-refractivity contribution < 1.29 is 4.74 Å². The zero-order valence-electron chi connectivity index (χ0n) is 13.2. The van der Waals surface area contributed by atoms with Crippen molar-refractivity contribution in [1.82, 2.24) is 9.78 Å². The van der Waals surface area contributed by atoms with E-state index in [4.69, 9.17) is 10.5 Å². The molecule has 0 saturated heterocycles. The summed E-state index contributed by atoms with van der Waals surface area (Å²) in [6, 6.07) is 7.95. The Morgan fingerprint density at radius 1 is 1.19 bits per heavy atom. The molecular formula is C17H25N3O. The Labute approximate surface area is 126 Å². The zero-order valence-corrected chi connectivity index (χ0v) is 13.2. The fraction of sp³-hybridized carbons (Fsp3) is 0.471. The van der Waals surface area contributed by atoms with E-state index in [0.717, 1.165) is 36.4 Å². The quantitative estimate of drug-likeness (QED) is 0.796. The van der Waals surface area contributed by atoms with Gasteiger partial charge in [0.05, 0.1) is 12.3 Å². The average molecular weight is 287 g/mol. The molecule has 2 rings (SSSR count). The van der Waals surface area contributed by atoms with Crippen LogP contribution in [-0.2, 0) is 19.5 Å². The molecule has 0 fully saturated rings. The summed E-state index contributed by atoms with van der Waals surface area (Å²) in [5.74, 6) is 0.898. The highest BCUT2D eigenvalue weighted by Crippen LogP contribution is 2.15. The fourth-order valence-corrected chi connectivity index (χ4v) is 2.59. The molecule has 1 heterocycles. The molecular weight excluding hydrogens is 262 g/mol. The first-order valence-corrected chi connectivity index (χ1v) is 7.60. The van der Waals surface area contributed by atoms with E-state index in [0.29, 0.717) is 13.2 Å². The largest absolute Gasteiger partial charge is 0.494 e. The molecule has 0 amide bonds. The second-order valence-electron chi connectivity index (χ2n) is 5.28. The van der Waals surface area contributed by atoms with Gasteiger partial charge in [-0.25, -0.2) is 0 Å². The van der Waals surface area contributed by atoms with Crippen molar-refractivity contribution in [3.63, 3.8) is 0 Å². The number of hydrogen-bond acceptors (Lipinski definition) is 3. The van der Waals surface area contributed by atoms with E-state index in [1.54, 1.807) is 0 Å². The first-order chi connectivity index (χ1) is 10.2. The molecule has 0 spiro atoms. The van der Waals surface area contributed by atoms with Gasteiger partial charge in [0.15, 0.2) is 0 Å². The predicted molar refractivity (Wildman–Crippen MR) is 85.5 cm³/mol. The number of rotatable bonds is 7. The monoisotopic (exact) mass is 287 g/mol. The van der Waals surface area contributed by atoms with E-state index in [2.05, 4.69) is 30.6 Å². The third kappa shape index (κ3) is 3.85. The lowest BCUT2D eigenvalue weighted by molar-refractivity contribution is 0.298. The van der Waals surface area contributed by atoms with Gasteiger partial charge in [-0.05, 0) is 43.5 Å². The lowest BCUT2D eigenvalue weighted by Gasteiger charge is -2.08. The number of ether oxygens (including phenoxy) is 1. The van der Waals surface area contributed by atoms with Crippen molar-refractivity contribution in [2.45, 2.75) is 46.7 Å². The van der Waals surface area contributed by atoms with Gasteiger partial charge >= 0.3 is 0 Å². The van der Waals surface area contributed by atoms with Gasteiger partial charge in [-0.1, -0.05) is 19.1 Å².